The van der Waals surface area contributed by atoms with Gasteiger partial charge in [-0.15, -0.1) is 0 Å². The molecule has 1 aliphatic carbocycles. The van der Waals surface area contributed by atoms with Crippen molar-refractivity contribution in [1.29, 1.82) is 0 Å². The van der Waals surface area contributed by atoms with Gasteiger partial charge in [-0.2, -0.15) is 5.10 Å². The molecule has 0 saturated carbocycles. The molecular formula is C27H31N3O3. The molecule has 6 heteroatoms. The van der Waals surface area contributed by atoms with Crippen LogP contribution < -0.4 is 10.2 Å². The first kappa shape index (κ1) is 22.8. The summed E-state index contributed by atoms with van der Waals surface area (Å²) in [7, 11) is 0. The Kier molecular flexibility index (Phi) is 7.55. The predicted octanol–water partition coefficient (Wildman–Crippen LogP) is 5.60. The molecule has 0 unspecified atom stereocenters. The summed E-state index contributed by atoms with van der Waals surface area (Å²) in [6, 6.07) is 12.7. The summed E-state index contributed by atoms with van der Waals surface area (Å²) in [4.78, 5) is 28.7. The lowest BCUT2D eigenvalue weighted by molar-refractivity contribution is 0.0955. The van der Waals surface area contributed by atoms with E-state index in [-0.39, 0.29) is 11.7 Å². The largest absolute Gasteiger partial charge is 0.493 e. The standard InChI is InChI=1S/C27H31N3O3/c1-2-3-4-9-16-33-26-13-8-6-11-21(26)25(31)18-28-30-27(32)19-14-15-24-22(17-19)20-10-5-7-12-23(20)29-24/h6,8,11,13-15,17-18,29H,2-5,7,9-10,12,16H2,1H3,(H,30,32)/b28-18-. The smallest absolute Gasteiger partial charge is 0.271 e. The Bertz CT molecular complexity index is 1160. The Morgan fingerprint density at radius 1 is 1.09 bits per heavy atom. The van der Waals surface area contributed by atoms with Gasteiger partial charge in [-0.05, 0) is 68.0 Å². The highest BCUT2D eigenvalue weighted by molar-refractivity contribution is 6.36. The number of Topliss-reactive ketones (excluding diaryl/α,β-unsaturated/α-hetero) is 1. The van der Waals surface area contributed by atoms with Gasteiger partial charge in [-0.1, -0.05) is 38.3 Å². The van der Waals surface area contributed by atoms with Crippen LogP contribution >= 0.6 is 0 Å². The lowest BCUT2D eigenvalue weighted by Gasteiger charge is -2.10. The number of nitrogens with zero attached hydrogens (tertiary/aromatic N) is 1. The van der Waals surface area contributed by atoms with Crippen molar-refractivity contribution in [2.24, 2.45) is 5.10 Å². The fraction of sp³-hybridized carbons (Fsp3) is 0.370. The third-order valence-electron chi connectivity index (χ3n) is 6.12. The molecule has 1 aliphatic rings. The second-order valence-electron chi connectivity index (χ2n) is 8.52. The number of hydrogen-bond acceptors (Lipinski definition) is 4. The fourth-order valence-electron chi connectivity index (χ4n) is 4.34. The summed E-state index contributed by atoms with van der Waals surface area (Å²) in [5, 5.41) is 5.00. The number of ether oxygens (including phenoxy) is 1. The van der Waals surface area contributed by atoms with E-state index in [1.165, 1.54) is 36.9 Å². The first-order chi connectivity index (χ1) is 16.2. The van der Waals surface area contributed by atoms with E-state index in [9.17, 15) is 9.59 Å². The average molecular weight is 446 g/mol. The zero-order chi connectivity index (χ0) is 23.0. The maximum absolute atomic E-state index is 12.6. The van der Waals surface area contributed by atoms with E-state index < -0.39 is 0 Å². The highest BCUT2D eigenvalue weighted by atomic mass is 16.5. The number of hydrazone groups is 1. The van der Waals surface area contributed by atoms with Crippen molar-refractivity contribution in [3.63, 3.8) is 0 Å². The topological polar surface area (TPSA) is 83.5 Å². The third kappa shape index (κ3) is 5.51. The Morgan fingerprint density at radius 2 is 1.94 bits per heavy atom. The molecule has 0 saturated heterocycles. The molecule has 172 valence electrons. The third-order valence-corrected chi connectivity index (χ3v) is 6.12. The molecule has 33 heavy (non-hydrogen) atoms. The second-order valence-corrected chi connectivity index (χ2v) is 8.52. The quantitative estimate of drug-likeness (QED) is 0.184. The van der Waals surface area contributed by atoms with E-state index in [1.807, 2.05) is 18.2 Å². The molecule has 2 aromatic carbocycles. The van der Waals surface area contributed by atoms with Crippen molar-refractivity contribution in [1.82, 2.24) is 10.4 Å². The summed E-state index contributed by atoms with van der Waals surface area (Å²) >= 11 is 0. The summed E-state index contributed by atoms with van der Waals surface area (Å²) < 4.78 is 5.81. The van der Waals surface area contributed by atoms with Crippen molar-refractivity contribution in [3.05, 3.63) is 64.8 Å². The molecule has 1 amide bonds. The lowest BCUT2D eigenvalue weighted by atomic mass is 9.95. The highest BCUT2D eigenvalue weighted by Gasteiger charge is 2.17. The van der Waals surface area contributed by atoms with Crippen molar-refractivity contribution in [2.75, 3.05) is 6.61 Å². The van der Waals surface area contributed by atoms with Gasteiger partial charge in [0.15, 0.2) is 0 Å². The van der Waals surface area contributed by atoms with Crippen molar-refractivity contribution < 1.29 is 14.3 Å². The van der Waals surface area contributed by atoms with Crippen molar-refractivity contribution in [2.45, 2.75) is 58.3 Å². The van der Waals surface area contributed by atoms with Crippen LogP contribution in [0.3, 0.4) is 0 Å². The number of nitrogens with one attached hydrogen (secondary N) is 2. The van der Waals surface area contributed by atoms with E-state index in [1.54, 1.807) is 24.3 Å². The summed E-state index contributed by atoms with van der Waals surface area (Å²) in [6.45, 7) is 2.74. The molecule has 0 bridgehead atoms. The SMILES string of the molecule is CCCCCCOc1ccccc1C(=O)/C=N\NC(=O)c1ccc2[nH]c3c(c2c1)CCCC3. The molecular weight excluding hydrogens is 414 g/mol. The van der Waals surface area contributed by atoms with Crippen LogP contribution in [-0.2, 0) is 12.8 Å². The molecule has 2 N–H and O–H groups in total. The van der Waals surface area contributed by atoms with Crippen LogP contribution in [-0.4, -0.2) is 29.5 Å². The van der Waals surface area contributed by atoms with Crippen LogP contribution in [0.1, 0.15) is 77.4 Å². The number of amides is 1. The average Bonchev–Trinajstić information content (AvgIpc) is 3.22. The zero-order valence-electron chi connectivity index (χ0n) is 19.2. The number of aromatic nitrogens is 1. The lowest BCUT2D eigenvalue weighted by Crippen LogP contribution is -2.18. The number of unbranched alkanes of at least 4 members (excludes halogenated alkanes) is 3. The second kappa shape index (κ2) is 10.9. The molecule has 0 fully saturated rings. The number of fused-ring (bicyclic) bond motifs is 3. The summed E-state index contributed by atoms with van der Waals surface area (Å²) in [5.41, 5.74) is 7.10. The van der Waals surface area contributed by atoms with Crippen molar-refractivity contribution >= 4 is 28.8 Å². The predicted molar refractivity (Wildman–Crippen MR) is 131 cm³/mol. The van der Waals surface area contributed by atoms with E-state index >= 15 is 0 Å². The Hall–Kier alpha value is -3.41. The van der Waals surface area contributed by atoms with Crippen LogP contribution in [0.4, 0.5) is 0 Å². The molecule has 0 radical (unpaired) electrons. The summed E-state index contributed by atoms with van der Waals surface area (Å²) in [6.07, 6.45) is 10.00. The van der Waals surface area contributed by atoms with Crippen LogP contribution in [0.2, 0.25) is 0 Å². The van der Waals surface area contributed by atoms with Crippen LogP contribution in [0.25, 0.3) is 10.9 Å². The molecule has 1 aromatic heterocycles. The normalized spacial score (nSPS) is 13.2. The minimum atomic E-state index is -0.341. The Morgan fingerprint density at radius 3 is 2.82 bits per heavy atom. The summed E-state index contributed by atoms with van der Waals surface area (Å²) in [5.74, 6) is -0.110. The van der Waals surface area contributed by atoms with Crippen LogP contribution in [0, 0.1) is 0 Å². The van der Waals surface area contributed by atoms with E-state index in [2.05, 4.69) is 22.4 Å². The van der Waals surface area contributed by atoms with Crippen molar-refractivity contribution in [3.8, 4) is 5.75 Å². The number of benzene rings is 2. The first-order valence-electron chi connectivity index (χ1n) is 11.9. The Balaban J connectivity index is 1.38. The number of para-hydroxylation sites is 1. The molecule has 0 spiro atoms. The minimum Gasteiger partial charge on any atom is -0.493 e. The fourth-order valence-corrected chi connectivity index (χ4v) is 4.34. The van der Waals surface area contributed by atoms with E-state index in [0.717, 1.165) is 42.8 Å². The minimum absolute atomic E-state index is 0.311. The number of aromatic amines is 1. The molecule has 1 heterocycles. The van der Waals surface area contributed by atoms with Crippen LogP contribution in [0.5, 0.6) is 5.75 Å². The number of H-pyrrole nitrogens is 1. The molecule has 0 aliphatic heterocycles. The Labute approximate surface area is 194 Å². The number of hydrogen-bond donors (Lipinski definition) is 2. The number of rotatable bonds is 10. The number of carbonyl (C=O) groups excluding carboxylic acids is 2. The molecule has 3 aromatic rings. The van der Waals surface area contributed by atoms with Gasteiger partial charge >= 0.3 is 0 Å². The number of carbonyl (C=O) groups is 2. The number of aryl methyl sites for hydroxylation is 2. The van der Waals surface area contributed by atoms with Gasteiger partial charge in [0.25, 0.3) is 5.91 Å². The molecule has 6 nitrogen and oxygen atoms in total. The van der Waals surface area contributed by atoms with Gasteiger partial charge in [0.1, 0.15) is 5.75 Å². The van der Waals surface area contributed by atoms with Gasteiger partial charge in [-0.25, -0.2) is 5.43 Å². The number of ketones is 1. The van der Waals surface area contributed by atoms with E-state index in [0.29, 0.717) is 23.5 Å². The highest BCUT2D eigenvalue weighted by Crippen LogP contribution is 2.29. The molecule has 0 atom stereocenters. The van der Waals surface area contributed by atoms with Gasteiger partial charge in [0.2, 0.25) is 5.78 Å². The zero-order valence-corrected chi connectivity index (χ0v) is 19.2. The van der Waals surface area contributed by atoms with Gasteiger partial charge in [0.05, 0.1) is 18.4 Å². The van der Waals surface area contributed by atoms with E-state index in [4.69, 9.17) is 4.74 Å². The first-order valence-corrected chi connectivity index (χ1v) is 11.9. The van der Waals surface area contributed by atoms with Gasteiger partial charge in [0, 0.05) is 22.2 Å². The maximum Gasteiger partial charge on any atom is 0.271 e. The molecule has 4 rings (SSSR count). The van der Waals surface area contributed by atoms with Gasteiger partial charge in [-0.3, -0.25) is 9.59 Å². The monoisotopic (exact) mass is 445 g/mol. The van der Waals surface area contributed by atoms with Crippen LogP contribution in [0.15, 0.2) is 47.6 Å². The maximum atomic E-state index is 12.6. The van der Waals surface area contributed by atoms with Gasteiger partial charge < -0.3 is 9.72 Å².